The molecule has 1 atom stereocenters. The molecule has 128 valence electrons. The first-order valence-corrected chi connectivity index (χ1v) is 8.83. The fraction of sp³-hybridized carbons (Fsp3) is 0.211. The molecular weight excluding hydrogens is 334 g/mol. The molecule has 3 aromatic rings. The summed E-state index contributed by atoms with van der Waals surface area (Å²) < 4.78 is 1.49. The number of fused-ring (bicyclic) bond motifs is 1. The van der Waals surface area contributed by atoms with Gasteiger partial charge in [-0.05, 0) is 43.7 Å². The van der Waals surface area contributed by atoms with Crippen molar-refractivity contribution in [3.8, 4) is 0 Å². The maximum Gasteiger partial charge on any atom is 0.261 e. The molecule has 6 heteroatoms. The summed E-state index contributed by atoms with van der Waals surface area (Å²) in [5.41, 5.74) is 2.37. The zero-order valence-electron chi connectivity index (χ0n) is 14.3. The lowest BCUT2D eigenvalue weighted by molar-refractivity contribution is -0.115. The Morgan fingerprint density at radius 2 is 1.96 bits per heavy atom. The van der Waals surface area contributed by atoms with E-state index in [1.165, 1.54) is 16.3 Å². The van der Waals surface area contributed by atoms with Crippen LogP contribution < -0.4 is 10.9 Å². The summed E-state index contributed by atoms with van der Waals surface area (Å²) in [6.45, 7) is 3.78. The van der Waals surface area contributed by atoms with Crippen LogP contribution in [0.3, 0.4) is 0 Å². The van der Waals surface area contributed by atoms with Crippen molar-refractivity contribution in [1.29, 1.82) is 0 Å². The molecule has 0 aliphatic carbocycles. The van der Waals surface area contributed by atoms with Gasteiger partial charge in [0.25, 0.3) is 5.56 Å². The Kier molecular flexibility index (Phi) is 4.90. The van der Waals surface area contributed by atoms with Gasteiger partial charge in [-0.3, -0.25) is 14.2 Å². The van der Waals surface area contributed by atoms with Crippen LogP contribution in [0.4, 0.5) is 5.69 Å². The Bertz CT molecular complexity index is 997. The van der Waals surface area contributed by atoms with Gasteiger partial charge in [0.05, 0.1) is 16.2 Å². The van der Waals surface area contributed by atoms with E-state index in [0.717, 1.165) is 11.3 Å². The molecule has 1 N–H and O–H groups in total. The van der Waals surface area contributed by atoms with E-state index in [2.05, 4.69) is 10.3 Å². The van der Waals surface area contributed by atoms with Gasteiger partial charge in [0.2, 0.25) is 5.91 Å². The minimum absolute atomic E-state index is 0.112. The minimum atomic E-state index is -0.389. The van der Waals surface area contributed by atoms with Gasteiger partial charge in [-0.1, -0.05) is 36.0 Å². The molecule has 1 heterocycles. The number of nitrogens with zero attached hydrogens (tertiary/aromatic N) is 2. The number of rotatable bonds is 4. The molecule has 0 aliphatic heterocycles. The largest absolute Gasteiger partial charge is 0.325 e. The topological polar surface area (TPSA) is 64.0 Å². The van der Waals surface area contributed by atoms with Crippen LogP contribution in [-0.4, -0.2) is 20.7 Å². The number of hydrogen-bond donors (Lipinski definition) is 1. The van der Waals surface area contributed by atoms with Crippen molar-refractivity contribution in [2.45, 2.75) is 24.3 Å². The predicted molar refractivity (Wildman–Crippen MR) is 102 cm³/mol. The number of hydrogen-bond acceptors (Lipinski definition) is 4. The fourth-order valence-electron chi connectivity index (χ4n) is 2.48. The first kappa shape index (κ1) is 17.2. The van der Waals surface area contributed by atoms with E-state index in [4.69, 9.17) is 0 Å². The van der Waals surface area contributed by atoms with Crippen molar-refractivity contribution in [1.82, 2.24) is 9.55 Å². The molecule has 3 rings (SSSR count). The molecule has 2 aromatic carbocycles. The van der Waals surface area contributed by atoms with E-state index in [0.29, 0.717) is 16.1 Å². The second-order valence-corrected chi connectivity index (χ2v) is 7.20. The van der Waals surface area contributed by atoms with Crippen LogP contribution in [0.15, 0.2) is 58.5 Å². The lowest BCUT2D eigenvalue weighted by Gasteiger charge is -2.14. The highest BCUT2D eigenvalue weighted by Crippen LogP contribution is 2.23. The maximum atomic E-state index is 12.4. The Hall–Kier alpha value is -2.60. The van der Waals surface area contributed by atoms with Crippen molar-refractivity contribution < 1.29 is 4.79 Å². The number of para-hydroxylation sites is 1. The molecule has 0 saturated carbocycles. The highest BCUT2D eigenvalue weighted by Gasteiger charge is 2.18. The molecule has 1 amide bonds. The second kappa shape index (κ2) is 7.11. The smallest absolute Gasteiger partial charge is 0.261 e. The number of aryl methyl sites for hydroxylation is 1. The highest BCUT2D eigenvalue weighted by molar-refractivity contribution is 8.00. The van der Waals surface area contributed by atoms with Gasteiger partial charge in [0, 0.05) is 12.7 Å². The van der Waals surface area contributed by atoms with E-state index >= 15 is 0 Å². The maximum absolute atomic E-state index is 12.4. The van der Waals surface area contributed by atoms with E-state index < -0.39 is 0 Å². The molecule has 1 aromatic heterocycles. The lowest BCUT2D eigenvalue weighted by Crippen LogP contribution is -2.25. The quantitative estimate of drug-likeness (QED) is 0.577. The molecule has 0 fully saturated rings. The van der Waals surface area contributed by atoms with Gasteiger partial charge < -0.3 is 5.32 Å². The summed E-state index contributed by atoms with van der Waals surface area (Å²) in [5, 5.41) is 3.61. The fourth-order valence-corrected chi connectivity index (χ4v) is 3.36. The van der Waals surface area contributed by atoms with Crippen LogP contribution in [0.1, 0.15) is 12.5 Å². The Morgan fingerprint density at radius 3 is 2.72 bits per heavy atom. The average Bonchev–Trinajstić information content (AvgIpc) is 2.59. The highest BCUT2D eigenvalue weighted by atomic mass is 32.2. The minimum Gasteiger partial charge on any atom is -0.325 e. The summed E-state index contributed by atoms with van der Waals surface area (Å²) in [4.78, 5) is 29.4. The number of anilines is 1. The first-order valence-electron chi connectivity index (χ1n) is 7.95. The average molecular weight is 353 g/mol. The van der Waals surface area contributed by atoms with Gasteiger partial charge in [0.15, 0.2) is 5.16 Å². The Morgan fingerprint density at radius 1 is 1.20 bits per heavy atom. The predicted octanol–water partition coefficient (Wildman–Crippen LogP) is 3.36. The summed E-state index contributed by atoms with van der Waals surface area (Å²) >= 11 is 1.27. The zero-order chi connectivity index (χ0) is 18.0. The van der Waals surface area contributed by atoms with Gasteiger partial charge in [0.1, 0.15) is 0 Å². The van der Waals surface area contributed by atoms with Crippen LogP contribution >= 0.6 is 11.8 Å². The third-order valence-electron chi connectivity index (χ3n) is 3.88. The van der Waals surface area contributed by atoms with Crippen molar-refractivity contribution in [2.75, 3.05) is 5.32 Å². The van der Waals surface area contributed by atoms with Crippen LogP contribution in [0.25, 0.3) is 10.9 Å². The zero-order valence-corrected chi connectivity index (χ0v) is 15.1. The number of nitrogens with one attached hydrogen (secondary N) is 1. The van der Waals surface area contributed by atoms with E-state index in [-0.39, 0.29) is 16.7 Å². The molecule has 0 aliphatic rings. The van der Waals surface area contributed by atoms with Gasteiger partial charge in [-0.2, -0.15) is 0 Å². The van der Waals surface area contributed by atoms with Crippen LogP contribution in [0.5, 0.6) is 0 Å². The number of thioether (sulfide) groups is 1. The van der Waals surface area contributed by atoms with Crippen molar-refractivity contribution in [2.24, 2.45) is 7.05 Å². The molecule has 5 nitrogen and oxygen atoms in total. The normalized spacial score (nSPS) is 12.1. The third kappa shape index (κ3) is 3.74. The molecular formula is C19H19N3O2S. The van der Waals surface area contributed by atoms with Gasteiger partial charge in [-0.15, -0.1) is 0 Å². The third-order valence-corrected chi connectivity index (χ3v) is 5.02. The molecule has 1 unspecified atom stereocenters. The molecule has 0 spiro atoms. The van der Waals surface area contributed by atoms with Crippen LogP contribution in [-0.2, 0) is 11.8 Å². The van der Waals surface area contributed by atoms with Crippen molar-refractivity contribution in [3.05, 3.63) is 64.4 Å². The Balaban J connectivity index is 1.82. The standard InChI is InChI=1S/C19H19N3O2S/c1-12-7-6-8-14(11-12)20-17(23)13(2)25-19-21-16-10-5-4-9-15(16)18(24)22(19)3/h4-11,13H,1-3H3,(H,20,23). The van der Waals surface area contributed by atoms with Gasteiger partial charge >= 0.3 is 0 Å². The van der Waals surface area contributed by atoms with Crippen LogP contribution in [0.2, 0.25) is 0 Å². The van der Waals surface area contributed by atoms with Crippen molar-refractivity contribution in [3.63, 3.8) is 0 Å². The SMILES string of the molecule is Cc1cccc(NC(=O)C(C)Sc2nc3ccccc3c(=O)n2C)c1. The van der Waals surface area contributed by atoms with E-state index in [1.807, 2.05) is 43.3 Å². The number of carbonyl (C=O) groups is 1. The molecule has 25 heavy (non-hydrogen) atoms. The van der Waals surface area contributed by atoms with Crippen molar-refractivity contribution >= 4 is 34.3 Å². The summed E-state index contributed by atoms with van der Waals surface area (Å²) in [7, 11) is 1.68. The second-order valence-electron chi connectivity index (χ2n) is 5.89. The summed E-state index contributed by atoms with van der Waals surface area (Å²) in [6, 6.07) is 14.9. The number of carbonyl (C=O) groups excluding carboxylic acids is 1. The molecule has 0 bridgehead atoms. The van der Waals surface area contributed by atoms with Gasteiger partial charge in [-0.25, -0.2) is 4.98 Å². The molecule has 0 saturated heterocycles. The molecule has 0 radical (unpaired) electrons. The first-order chi connectivity index (χ1) is 12.0. The number of amides is 1. The monoisotopic (exact) mass is 353 g/mol. The Labute approximate surface area is 150 Å². The van der Waals surface area contributed by atoms with E-state index in [1.54, 1.807) is 26.1 Å². The summed E-state index contributed by atoms with van der Waals surface area (Å²) in [5.74, 6) is -0.127. The number of aromatic nitrogens is 2. The lowest BCUT2D eigenvalue weighted by atomic mass is 10.2. The number of benzene rings is 2. The van der Waals surface area contributed by atoms with Crippen LogP contribution in [0, 0.1) is 6.92 Å². The van der Waals surface area contributed by atoms with E-state index in [9.17, 15) is 9.59 Å². The summed E-state index contributed by atoms with van der Waals surface area (Å²) in [6.07, 6.45) is 0.